The quantitative estimate of drug-likeness (QED) is 0.892. The van der Waals surface area contributed by atoms with Crippen LogP contribution in [-0.4, -0.2) is 31.9 Å². The van der Waals surface area contributed by atoms with Gasteiger partial charge in [-0.2, -0.15) is 17.4 Å². The molecule has 0 saturated heterocycles. The Bertz CT molecular complexity index is 629. The van der Waals surface area contributed by atoms with Gasteiger partial charge in [-0.15, -0.1) is 0 Å². The average Bonchev–Trinajstić information content (AvgIpc) is 3.26. The van der Waals surface area contributed by atoms with Gasteiger partial charge in [0.2, 0.25) is 0 Å². The highest BCUT2D eigenvalue weighted by Crippen LogP contribution is 2.42. The maximum absolute atomic E-state index is 12.5. The third-order valence-electron chi connectivity index (χ3n) is 4.84. The van der Waals surface area contributed by atoms with Crippen molar-refractivity contribution in [2.45, 2.75) is 56.5 Å². The molecular weight excluding hydrogens is 320 g/mol. The molecule has 2 saturated carbocycles. The van der Waals surface area contributed by atoms with Crippen LogP contribution in [0.1, 0.15) is 50.0 Å². The van der Waals surface area contributed by atoms with Crippen molar-refractivity contribution in [1.82, 2.24) is 9.03 Å². The van der Waals surface area contributed by atoms with E-state index in [1.54, 1.807) is 11.4 Å². The molecule has 0 radical (unpaired) electrons. The first-order chi connectivity index (χ1) is 10.5. The Kier molecular flexibility index (Phi) is 4.78. The van der Waals surface area contributed by atoms with Gasteiger partial charge in [0.1, 0.15) is 0 Å². The molecule has 3 rings (SSSR count). The summed E-state index contributed by atoms with van der Waals surface area (Å²) < 4.78 is 29.4. The molecular formula is C16H23ClN2O2S. The second-order valence-corrected chi connectivity index (χ2v) is 8.63. The Morgan fingerprint density at radius 3 is 2.64 bits per heavy atom. The molecule has 0 bridgehead atoms. The fourth-order valence-electron chi connectivity index (χ4n) is 3.35. The number of hydrogen-bond donors (Lipinski definition) is 1. The van der Waals surface area contributed by atoms with Gasteiger partial charge >= 0.3 is 0 Å². The summed E-state index contributed by atoms with van der Waals surface area (Å²) in [5, 5.41) is 0.699. The van der Waals surface area contributed by atoms with Gasteiger partial charge in [-0.25, -0.2) is 0 Å². The maximum atomic E-state index is 12.5. The van der Waals surface area contributed by atoms with E-state index in [1.807, 2.05) is 24.3 Å². The largest absolute Gasteiger partial charge is 0.279 e. The lowest BCUT2D eigenvalue weighted by Crippen LogP contribution is -2.45. The molecule has 0 aromatic heterocycles. The average molecular weight is 343 g/mol. The van der Waals surface area contributed by atoms with E-state index in [4.69, 9.17) is 11.6 Å². The topological polar surface area (TPSA) is 49.4 Å². The van der Waals surface area contributed by atoms with Crippen molar-refractivity contribution in [3.05, 3.63) is 34.9 Å². The SMILES string of the molecule is CN(C1CCCCC1)S(=O)(=O)N[C@@H]1C[C@H]1c1cccc(Cl)c1. The molecule has 4 nitrogen and oxygen atoms in total. The Labute approximate surface area is 138 Å². The summed E-state index contributed by atoms with van der Waals surface area (Å²) in [5.41, 5.74) is 1.11. The predicted octanol–water partition coefficient (Wildman–Crippen LogP) is 3.29. The monoisotopic (exact) mass is 342 g/mol. The molecule has 1 aromatic carbocycles. The molecule has 1 N–H and O–H groups in total. The maximum Gasteiger partial charge on any atom is 0.279 e. The van der Waals surface area contributed by atoms with Gasteiger partial charge in [-0.1, -0.05) is 43.0 Å². The van der Waals surface area contributed by atoms with Gasteiger partial charge in [0.15, 0.2) is 0 Å². The van der Waals surface area contributed by atoms with Gasteiger partial charge in [0, 0.05) is 30.1 Å². The summed E-state index contributed by atoms with van der Waals surface area (Å²) in [4.78, 5) is 0. The minimum Gasteiger partial charge on any atom is -0.198 e. The van der Waals surface area contributed by atoms with Crippen molar-refractivity contribution in [3.8, 4) is 0 Å². The van der Waals surface area contributed by atoms with Crippen molar-refractivity contribution < 1.29 is 8.42 Å². The summed E-state index contributed by atoms with van der Waals surface area (Å²) in [6.45, 7) is 0. The zero-order chi connectivity index (χ0) is 15.7. The number of hydrogen-bond acceptors (Lipinski definition) is 2. The molecule has 0 heterocycles. The van der Waals surface area contributed by atoms with Gasteiger partial charge in [-0.05, 0) is 37.0 Å². The van der Waals surface area contributed by atoms with E-state index in [1.165, 1.54) is 6.42 Å². The minimum absolute atomic E-state index is 0.00509. The van der Waals surface area contributed by atoms with Crippen molar-refractivity contribution in [2.75, 3.05) is 7.05 Å². The van der Waals surface area contributed by atoms with Gasteiger partial charge in [0.25, 0.3) is 10.2 Å². The van der Waals surface area contributed by atoms with E-state index >= 15 is 0 Å². The van der Waals surface area contributed by atoms with E-state index in [0.29, 0.717) is 5.02 Å². The van der Waals surface area contributed by atoms with Crippen molar-refractivity contribution >= 4 is 21.8 Å². The van der Waals surface area contributed by atoms with Crippen LogP contribution in [0.15, 0.2) is 24.3 Å². The zero-order valence-corrected chi connectivity index (χ0v) is 14.4. The summed E-state index contributed by atoms with van der Waals surface area (Å²) in [7, 11) is -1.69. The van der Waals surface area contributed by atoms with Gasteiger partial charge in [-0.3, -0.25) is 0 Å². The lowest BCUT2D eigenvalue weighted by atomic mass is 9.96. The second-order valence-electron chi connectivity index (χ2n) is 6.43. The van der Waals surface area contributed by atoms with Crippen LogP contribution in [0.2, 0.25) is 5.02 Å². The summed E-state index contributed by atoms with van der Waals surface area (Å²) in [6, 6.07) is 7.82. The van der Waals surface area contributed by atoms with Crippen LogP contribution in [-0.2, 0) is 10.2 Å². The Balaban J connectivity index is 1.61. The molecule has 122 valence electrons. The summed E-state index contributed by atoms with van der Waals surface area (Å²) in [6.07, 6.45) is 6.26. The molecule has 0 spiro atoms. The van der Waals surface area contributed by atoms with E-state index in [0.717, 1.165) is 37.7 Å². The molecule has 1 aromatic rings. The Morgan fingerprint density at radius 1 is 1.23 bits per heavy atom. The standard InChI is InChI=1S/C16H23ClN2O2S/c1-19(14-8-3-2-4-9-14)22(20,21)18-16-11-15(16)12-6-5-7-13(17)10-12/h5-7,10,14-16,18H,2-4,8-9,11H2,1H3/t15-,16+/m0/s1. The fraction of sp³-hybridized carbons (Fsp3) is 0.625. The number of nitrogens with zero attached hydrogens (tertiary/aromatic N) is 1. The second kappa shape index (κ2) is 6.48. The first-order valence-electron chi connectivity index (χ1n) is 7.98. The van der Waals surface area contributed by atoms with Crippen LogP contribution in [0.4, 0.5) is 0 Å². The van der Waals surface area contributed by atoms with Crippen molar-refractivity contribution in [3.63, 3.8) is 0 Å². The number of rotatable bonds is 5. The predicted molar refractivity (Wildman–Crippen MR) is 89.3 cm³/mol. The lowest BCUT2D eigenvalue weighted by molar-refractivity contribution is 0.283. The molecule has 2 fully saturated rings. The Morgan fingerprint density at radius 2 is 1.95 bits per heavy atom. The lowest BCUT2D eigenvalue weighted by Gasteiger charge is -2.30. The molecule has 2 aliphatic rings. The first-order valence-corrected chi connectivity index (χ1v) is 9.80. The van der Waals surface area contributed by atoms with Gasteiger partial charge < -0.3 is 0 Å². The molecule has 0 unspecified atom stereocenters. The number of nitrogens with one attached hydrogen (secondary N) is 1. The normalized spacial score (nSPS) is 26.3. The molecule has 22 heavy (non-hydrogen) atoms. The molecule has 2 atom stereocenters. The minimum atomic E-state index is -3.40. The number of halogens is 1. The molecule has 6 heteroatoms. The van der Waals surface area contributed by atoms with Crippen LogP contribution < -0.4 is 4.72 Å². The van der Waals surface area contributed by atoms with Gasteiger partial charge in [0.05, 0.1) is 0 Å². The van der Waals surface area contributed by atoms with Crippen LogP contribution in [0.3, 0.4) is 0 Å². The van der Waals surface area contributed by atoms with E-state index in [2.05, 4.69) is 4.72 Å². The first kappa shape index (κ1) is 16.2. The molecule has 0 amide bonds. The molecule has 0 aliphatic heterocycles. The highest BCUT2D eigenvalue weighted by atomic mass is 35.5. The van der Waals surface area contributed by atoms with E-state index < -0.39 is 10.2 Å². The number of benzene rings is 1. The third-order valence-corrected chi connectivity index (χ3v) is 6.73. The van der Waals surface area contributed by atoms with Crippen molar-refractivity contribution in [1.29, 1.82) is 0 Å². The zero-order valence-electron chi connectivity index (χ0n) is 12.8. The van der Waals surface area contributed by atoms with Crippen LogP contribution in [0.25, 0.3) is 0 Å². The molecule has 2 aliphatic carbocycles. The highest BCUT2D eigenvalue weighted by Gasteiger charge is 2.42. The van der Waals surface area contributed by atoms with Crippen LogP contribution in [0, 0.1) is 0 Å². The highest BCUT2D eigenvalue weighted by molar-refractivity contribution is 7.87. The van der Waals surface area contributed by atoms with Crippen LogP contribution in [0.5, 0.6) is 0 Å². The Hall–Kier alpha value is -0.620. The van der Waals surface area contributed by atoms with E-state index in [9.17, 15) is 8.42 Å². The third kappa shape index (κ3) is 3.65. The van der Waals surface area contributed by atoms with Crippen LogP contribution >= 0.6 is 11.6 Å². The fourth-order valence-corrected chi connectivity index (χ4v) is 4.96. The van der Waals surface area contributed by atoms with E-state index in [-0.39, 0.29) is 18.0 Å². The smallest absolute Gasteiger partial charge is 0.198 e. The summed E-state index contributed by atoms with van der Waals surface area (Å²) >= 11 is 6.00. The van der Waals surface area contributed by atoms with Crippen molar-refractivity contribution in [2.24, 2.45) is 0 Å². The summed E-state index contributed by atoms with van der Waals surface area (Å²) in [5.74, 6) is 0.244.